The van der Waals surface area contributed by atoms with Crippen LogP contribution in [0.4, 0.5) is 10.8 Å². The van der Waals surface area contributed by atoms with Crippen molar-refractivity contribution >= 4 is 34.0 Å². The molecule has 3 nitrogen and oxygen atoms in total. The number of halogens is 1. The third-order valence-corrected chi connectivity index (χ3v) is 4.94. The van der Waals surface area contributed by atoms with Crippen LogP contribution in [0.25, 0.3) is 17.1 Å². The molecular formula is C20H15ClN3S+. The predicted molar refractivity (Wildman–Crippen MR) is 104 cm³/mol. The zero-order valence-electron chi connectivity index (χ0n) is 13.3. The maximum atomic E-state index is 6.43. The summed E-state index contributed by atoms with van der Waals surface area (Å²) in [6.07, 6.45) is 0. The fraction of sp³-hybridized carbons (Fsp3) is 0. The van der Waals surface area contributed by atoms with Crippen molar-refractivity contribution in [2.75, 3.05) is 5.32 Å². The number of rotatable bonds is 4. The molecule has 0 spiro atoms. The fourth-order valence-corrected chi connectivity index (χ4v) is 3.76. The Labute approximate surface area is 155 Å². The molecular weight excluding hydrogens is 350 g/mol. The lowest BCUT2D eigenvalue weighted by Crippen LogP contribution is -2.28. The molecule has 0 atom stereocenters. The third-order valence-electron chi connectivity index (χ3n) is 3.71. The number of nitrogens with one attached hydrogen (secondary N) is 1. The summed E-state index contributed by atoms with van der Waals surface area (Å²) in [7, 11) is 0. The first-order chi connectivity index (χ1) is 12.3. The van der Waals surface area contributed by atoms with Crippen LogP contribution in [0.5, 0.6) is 0 Å². The number of nitrogens with zero attached hydrogens (tertiary/aromatic N) is 2. The highest BCUT2D eigenvalue weighted by atomic mass is 35.5. The smallest absolute Gasteiger partial charge is 0.308 e. The van der Waals surface area contributed by atoms with E-state index in [2.05, 4.69) is 21.4 Å². The minimum absolute atomic E-state index is 0.694. The van der Waals surface area contributed by atoms with Crippen LogP contribution in [-0.2, 0) is 0 Å². The van der Waals surface area contributed by atoms with Crippen molar-refractivity contribution in [3.8, 4) is 17.1 Å². The molecule has 0 radical (unpaired) electrons. The highest BCUT2D eigenvalue weighted by Gasteiger charge is 2.25. The van der Waals surface area contributed by atoms with Gasteiger partial charge in [0.15, 0.2) is 5.69 Å². The first-order valence-corrected chi connectivity index (χ1v) is 9.02. The summed E-state index contributed by atoms with van der Waals surface area (Å²) in [5.41, 5.74) is 2.96. The number of benzene rings is 3. The Hall–Kier alpha value is -2.69. The molecule has 0 aliphatic carbocycles. The van der Waals surface area contributed by atoms with Crippen LogP contribution in [0.3, 0.4) is 0 Å². The van der Waals surface area contributed by atoms with Crippen molar-refractivity contribution in [1.82, 2.24) is 4.98 Å². The van der Waals surface area contributed by atoms with E-state index in [9.17, 15) is 0 Å². The van der Waals surface area contributed by atoms with Crippen molar-refractivity contribution in [2.24, 2.45) is 0 Å². The molecule has 5 heteroatoms. The molecule has 0 saturated heterocycles. The molecule has 1 heterocycles. The number of aromatic nitrogens is 2. The normalized spacial score (nSPS) is 10.6. The van der Waals surface area contributed by atoms with Crippen LogP contribution in [0, 0.1) is 0 Å². The molecule has 4 aromatic rings. The average molecular weight is 365 g/mol. The van der Waals surface area contributed by atoms with Crippen LogP contribution in [0.15, 0.2) is 84.9 Å². The van der Waals surface area contributed by atoms with Crippen LogP contribution in [0.1, 0.15) is 0 Å². The van der Waals surface area contributed by atoms with E-state index in [-0.39, 0.29) is 0 Å². The zero-order valence-corrected chi connectivity index (χ0v) is 14.8. The van der Waals surface area contributed by atoms with E-state index >= 15 is 0 Å². The number of para-hydroxylation sites is 2. The molecule has 3 aromatic carbocycles. The zero-order chi connectivity index (χ0) is 17.1. The summed E-state index contributed by atoms with van der Waals surface area (Å²) >= 11 is 7.95. The van der Waals surface area contributed by atoms with Crippen molar-refractivity contribution in [3.05, 3.63) is 90.0 Å². The lowest BCUT2D eigenvalue weighted by Gasteiger charge is -2.00. The Morgan fingerprint density at radius 3 is 2.16 bits per heavy atom. The van der Waals surface area contributed by atoms with Crippen molar-refractivity contribution in [3.63, 3.8) is 0 Å². The predicted octanol–water partition coefficient (Wildman–Crippen LogP) is 5.48. The third kappa shape index (κ3) is 3.40. The highest BCUT2D eigenvalue weighted by Crippen LogP contribution is 2.26. The second-order valence-corrected chi connectivity index (χ2v) is 6.78. The standard InChI is InChI=1S/C20H14ClN3S/c21-17-13-7-8-14-18(17)24-19(15-9-3-1-4-10-15)23-20(25-24)22-16-11-5-2-6-12-16/h1-14H/p+1. The fourth-order valence-electron chi connectivity index (χ4n) is 2.54. The molecule has 0 bridgehead atoms. The molecule has 4 rings (SSSR count). The Kier molecular flexibility index (Phi) is 4.46. The van der Waals surface area contributed by atoms with Crippen LogP contribution in [0.2, 0.25) is 5.02 Å². The van der Waals surface area contributed by atoms with Gasteiger partial charge < -0.3 is 5.32 Å². The van der Waals surface area contributed by atoms with Gasteiger partial charge >= 0.3 is 11.0 Å². The summed E-state index contributed by atoms with van der Waals surface area (Å²) in [4.78, 5) is 4.80. The van der Waals surface area contributed by atoms with Gasteiger partial charge in [0, 0.05) is 5.69 Å². The summed E-state index contributed by atoms with van der Waals surface area (Å²) in [6, 6.07) is 27.9. The van der Waals surface area contributed by atoms with Gasteiger partial charge in [-0.3, -0.25) is 0 Å². The van der Waals surface area contributed by atoms with E-state index in [1.54, 1.807) is 0 Å². The largest absolute Gasteiger partial charge is 0.350 e. The van der Waals surface area contributed by atoms with Gasteiger partial charge in [-0.05, 0) is 41.4 Å². The number of hydrogen-bond donors (Lipinski definition) is 1. The molecule has 0 aliphatic heterocycles. The summed E-state index contributed by atoms with van der Waals surface area (Å²) in [6.45, 7) is 0. The van der Waals surface area contributed by atoms with E-state index in [0.717, 1.165) is 27.9 Å². The minimum Gasteiger partial charge on any atom is -0.308 e. The molecule has 1 N–H and O–H groups in total. The molecule has 0 saturated carbocycles. The van der Waals surface area contributed by atoms with E-state index < -0.39 is 0 Å². The Morgan fingerprint density at radius 1 is 0.800 bits per heavy atom. The van der Waals surface area contributed by atoms with Gasteiger partial charge in [0.2, 0.25) is 0 Å². The summed E-state index contributed by atoms with van der Waals surface area (Å²) in [5, 5.41) is 4.87. The Morgan fingerprint density at radius 2 is 1.44 bits per heavy atom. The first kappa shape index (κ1) is 15.8. The van der Waals surface area contributed by atoms with Crippen molar-refractivity contribution in [2.45, 2.75) is 0 Å². The number of hydrogen-bond acceptors (Lipinski definition) is 3. The maximum Gasteiger partial charge on any atom is 0.350 e. The summed E-state index contributed by atoms with van der Waals surface area (Å²) in [5.74, 6) is 0.858. The molecule has 25 heavy (non-hydrogen) atoms. The van der Waals surface area contributed by atoms with Crippen molar-refractivity contribution in [1.29, 1.82) is 0 Å². The SMILES string of the molecule is Clc1ccccc1-[n+]1sc(Nc2ccccc2)nc1-c1ccccc1. The van der Waals surface area contributed by atoms with E-state index in [1.165, 1.54) is 11.5 Å². The second-order valence-electron chi connectivity index (χ2n) is 5.43. The monoisotopic (exact) mass is 364 g/mol. The topological polar surface area (TPSA) is 28.8 Å². The Bertz CT molecular complexity index is 984. The summed E-state index contributed by atoms with van der Waals surface area (Å²) < 4.78 is 2.06. The van der Waals surface area contributed by atoms with Crippen molar-refractivity contribution < 1.29 is 3.96 Å². The molecule has 1 aromatic heterocycles. The molecule has 0 fully saturated rings. The molecule has 0 aliphatic rings. The number of anilines is 2. The second kappa shape index (κ2) is 7.05. The van der Waals surface area contributed by atoms with E-state index in [4.69, 9.17) is 16.6 Å². The van der Waals surface area contributed by atoms with Gasteiger partial charge in [-0.2, -0.15) is 0 Å². The van der Waals surface area contributed by atoms with Gasteiger partial charge in [-0.15, -0.1) is 3.96 Å². The van der Waals surface area contributed by atoms with Crippen LogP contribution >= 0.6 is 23.1 Å². The van der Waals surface area contributed by atoms with Crippen LogP contribution in [-0.4, -0.2) is 4.98 Å². The maximum absolute atomic E-state index is 6.43. The highest BCUT2D eigenvalue weighted by molar-refractivity contribution is 7.06. The first-order valence-electron chi connectivity index (χ1n) is 7.87. The molecule has 0 amide bonds. The van der Waals surface area contributed by atoms with E-state index in [1.807, 2.05) is 72.8 Å². The van der Waals surface area contributed by atoms with Gasteiger partial charge in [-0.1, -0.05) is 60.1 Å². The lowest BCUT2D eigenvalue weighted by atomic mass is 10.2. The molecule has 0 unspecified atom stereocenters. The van der Waals surface area contributed by atoms with E-state index in [0.29, 0.717) is 5.02 Å². The van der Waals surface area contributed by atoms with Crippen LogP contribution < -0.4 is 9.27 Å². The van der Waals surface area contributed by atoms with Gasteiger partial charge in [0.05, 0.1) is 10.6 Å². The van der Waals surface area contributed by atoms with Gasteiger partial charge in [0.1, 0.15) is 11.5 Å². The molecule has 122 valence electrons. The average Bonchev–Trinajstić information content (AvgIpc) is 3.07. The quantitative estimate of drug-likeness (QED) is 0.485. The van der Waals surface area contributed by atoms with Gasteiger partial charge in [0.25, 0.3) is 0 Å². The van der Waals surface area contributed by atoms with Gasteiger partial charge in [-0.25, -0.2) is 0 Å². The lowest BCUT2D eigenvalue weighted by molar-refractivity contribution is -0.509. The Balaban J connectivity index is 1.83. The minimum atomic E-state index is 0.694.